The quantitative estimate of drug-likeness (QED) is 0.649. The monoisotopic (exact) mass is 278 g/mol. The van der Waals surface area contributed by atoms with Gasteiger partial charge in [0.15, 0.2) is 0 Å². The Morgan fingerprint density at radius 3 is 2.30 bits per heavy atom. The van der Waals surface area contributed by atoms with Crippen molar-refractivity contribution >= 4 is 11.8 Å². The minimum Gasteiger partial charge on any atom is -0.394 e. The standard InChI is InChI=1S/C15H22N2O3/c1-3-11-5-7-12(8-6-11)13(10-18)17-15(20)9-14(19)16-4-2/h5-8,13,18H,3-4,9-10H2,1-2H3,(H,16,19)(H,17,20). The Kier molecular flexibility index (Phi) is 6.73. The van der Waals surface area contributed by atoms with Gasteiger partial charge in [0, 0.05) is 6.54 Å². The lowest BCUT2D eigenvalue weighted by Crippen LogP contribution is -2.35. The summed E-state index contributed by atoms with van der Waals surface area (Å²) in [5.41, 5.74) is 2.02. The average molecular weight is 278 g/mol. The minimum absolute atomic E-state index is 0.202. The molecule has 5 heteroatoms. The molecular formula is C15H22N2O3. The predicted octanol–water partition coefficient (Wildman–Crippen LogP) is 0.925. The van der Waals surface area contributed by atoms with Crippen molar-refractivity contribution < 1.29 is 14.7 Å². The highest BCUT2D eigenvalue weighted by molar-refractivity contribution is 5.96. The third-order valence-electron chi connectivity index (χ3n) is 3.00. The van der Waals surface area contributed by atoms with E-state index in [-0.39, 0.29) is 18.9 Å². The largest absolute Gasteiger partial charge is 0.394 e. The van der Waals surface area contributed by atoms with Crippen molar-refractivity contribution in [3.63, 3.8) is 0 Å². The van der Waals surface area contributed by atoms with E-state index in [9.17, 15) is 14.7 Å². The molecule has 5 nitrogen and oxygen atoms in total. The van der Waals surface area contributed by atoms with Gasteiger partial charge in [0.2, 0.25) is 11.8 Å². The summed E-state index contributed by atoms with van der Waals surface area (Å²) in [6.07, 6.45) is 0.713. The van der Waals surface area contributed by atoms with Crippen molar-refractivity contribution in [1.29, 1.82) is 0 Å². The van der Waals surface area contributed by atoms with E-state index in [2.05, 4.69) is 17.6 Å². The maximum atomic E-state index is 11.7. The fourth-order valence-electron chi connectivity index (χ4n) is 1.87. The number of carbonyl (C=O) groups excluding carboxylic acids is 2. The first-order chi connectivity index (χ1) is 9.60. The van der Waals surface area contributed by atoms with Crippen LogP contribution in [0.25, 0.3) is 0 Å². The molecule has 1 aromatic rings. The molecule has 110 valence electrons. The van der Waals surface area contributed by atoms with Gasteiger partial charge in [-0.05, 0) is 24.5 Å². The van der Waals surface area contributed by atoms with Gasteiger partial charge < -0.3 is 15.7 Å². The number of carbonyl (C=O) groups is 2. The summed E-state index contributed by atoms with van der Waals surface area (Å²) in [7, 11) is 0. The van der Waals surface area contributed by atoms with Gasteiger partial charge in [0.05, 0.1) is 12.6 Å². The van der Waals surface area contributed by atoms with Gasteiger partial charge in [-0.25, -0.2) is 0 Å². The summed E-state index contributed by atoms with van der Waals surface area (Å²) < 4.78 is 0. The Morgan fingerprint density at radius 2 is 1.80 bits per heavy atom. The minimum atomic E-state index is -0.483. The van der Waals surface area contributed by atoms with Crippen LogP contribution in [0.1, 0.15) is 37.4 Å². The maximum absolute atomic E-state index is 11.7. The Hall–Kier alpha value is -1.88. The molecular weight excluding hydrogens is 256 g/mol. The van der Waals surface area contributed by atoms with Crippen molar-refractivity contribution in [3.8, 4) is 0 Å². The fourth-order valence-corrected chi connectivity index (χ4v) is 1.87. The third kappa shape index (κ3) is 5.01. The third-order valence-corrected chi connectivity index (χ3v) is 3.00. The Labute approximate surface area is 119 Å². The van der Waals surface area contributed by atoms with Gasteiger partial charge >= 0.3 is 0 Å². The molecule has 0 saturated heterocycles. The van der Waals surface area contributed by atoms with E-state index in [1.807, 2.05) is 24.3 Å². The van der Waals surface area contributed by atoms with Crippen molar-refractivity contribution in [1.82, 2.24) is 10.6 Å². The van der Waals surface area contributed by atoms with Crippen LogP contribution in [0.2, 0.25) is 0 Å². The second-order valence-corrected chi connectivity index (χ2v) is 4.53. The van der Waals surface area contributed by atoms with Gasteiger partial charge in [-0.15, -0.1) is 0 Å². The summed E-state index contributed by atoms with van der Waals surface area (Å²) in [5, 5.41) is 14.6. The van der Waals surface area contributed by atoms with Gasteiger partial charge in [0.25, 0.3) is 0 Å². The molecule has 0 bridgehead atoms. The second kappa shape index (κ2) is 8.32. The van der Waals surface area contributed by atoms with Crippen LogP contribution in [-0.2, 0) is 16.0 Å². The smallest absolute Gasteiger partial charge is 0.229 e. The molecule has 0 fully saturated rings. The first-order valence-corrected chi connectivity index (χ1v) is 6.86. The van der Waals surface area contributed by atoms with Gasteiger partial charge in [-0.3, -0.25) is 9.59 Å². The SMILES string of the molecule is CCNC(=O)CC(=O)NC(CO)c1ccc(CC)cc1. The lowest BCUT2D eigenvalue weighted by Gasteiger charge is -2.17. The summed E-state index contributed by atoms with van der Waals surface area (Å²) >= 11 is 0. The summed E-state index contributed by atoms with van der Waals surface area (Å²) in [4.78, 5) is 23.0. The van der Waals surface area contributed by atoms with Gasteiger partial charge in [0.1, 0.15) is 6.42 Å². The molecule has 1 atom stereocenters. The molecule has 0 saturated carbocycles. The fraction of sp³-hybridized carbons (Fsp3) is 0.467. The maximum Gasteiger partial charge on any atom is 0.229 e. The average Bonchev–Trinajstić information content (AvgIpc) is 2.45. The molecule has 20 heavy (non-hydrogen) atoms. The zero-order chi connectivity index (χ0) is 15.0. The van der Waals surface area contributed by atoms with Crippen LogP contribution in [0.4, 0.5) is 0 Å². The van der Waals surface area contributed by atoms with Crippen LogP contribution >= 0.6 is 0 Å². The van der Waals surface area contributed by atoms with Gasteiger partial charge in [-0.2, -0.15) is 0 Å². The van der Waals surface area contributed by atoms with Crippen LogP contribution < -0.4 is 10.6 Å². The van der Waals surface area contributed by atoms with Gasteiger partial charge in [-0.1, -0.05) is 31.2 Å². The summed E-state index contributed by atoms with van der Waals surface area (Å²) in [5.74, 6) is -0.711. The van der Waals surface area contributed by atoms with Crippen molar-refractivity contribution in [2.75, 3.05) is 13.2 Å². The number of aliphatic hydroxyl groups is 1. The van der Waals surface area contributed by atoms with E-state index in [1.165, 1.54) is 5.56 Å². The van der Waals surface area contributed by atoms with E-state index in [1.54, 1.807) is 6.92 Å². The number of rotatable bonds is 7. The molecule has 0 heterocycles. The Bertz CT molecular complexity index is 443. The molecule has 1 rings (SSSR count). The number of aryl methyl sites for hydroxylation is 1. The number of hydrogen-bond donors (Lipinski definition) is 3. The number of nitrogens with one attached hydrogen (secondary N) is 2. The van der Waals surface area contributed by atoms with Crippen LogP contribution in [-0.4, -0.2) is 30.1 Å². The predicted molar refractivity (Wildman–Crippen MR) is 77.1 cm³/mol. The number of amides is 2. The number of benzene rings is 1. The lowest BCUT2D eigenvalue weighted by atomic mass is 10.0. The zero-order valence-corrected chi connectivity index (χ0v) is 12.0. The molecule has 0 radical (unpaired) electrons. The molecule has 0 spiro atoms. The van der Waals surface area contributed by atoms with Crippen LogP contribution in [0, 0.1) is 0 Å². The van der Waals surface area contributed by atoms with Crippen molar-refractivity contribution in [2.45, 2.75) is 32.7 Å². The topological polar surface area (TPSA) is 78.4 Å². The van der Waals surface area contributed by atoms with Crippen LogP contribution in [0.5, 0.6) is 0 Å². The summed E-state index contributed by atoms with van der Waals surface area (Å²) in [6.45, 7) is 4.15. The molecule has 3 N–H and O–H groups in total. The summed E-state index contributed by atoms with van der Waals surface area (Å²) in [6, 6.07) is 7.21. The molecule has 1 unspecified atom stereocenters. The highest BCUT2D eigenvalue weighted by atomic mass is 16.3. The first-order valence-electron chi connectivity index (χ1n) is 6.86. The van der Waals surface area contributed by atoms with Crippen molar-refractivity contribution in [2.24, 2.45) is 0 Å². The molecule has 0 aliphatic rings. The molecule has 0 aromatic heterocycles. The Balaban J connectivity index is 2.61. The van der Waals surface area contributed by atoms with E-state index in [0.29, 0.717) is 6.54 Å². The highest BCUT2D eigenvalue weighted by Gasteiger charge is 2.15. The second-order valence-electron chi connectivity index (χ2n) is 4.53. The molecule has 0 aliphatic heterocycles. The van der Waals surface area contributed by atoms with Crippen molar-refractivity contribution in [3.05, 3.63) is 35.4 Å². The number of aliphatic hydroxyl groups excluding tert-OH is 1. The highest BCUT2D eigenvalue weighted by Crippen LogP contribution is 2.14. The van der Waals surface area contributed by atoms with E-state index in [0.717, 1.165) is 12.0 Å². The van der Waals surface area contributed by atoms with E-state index < -0.39 is 11.9 Å². The zero-order valence-electron chi connectivity index (χ0n) is 12.0. The van der Waals surface area contributed by atoms with E-state index >= 15 is 0 Å². The van der Waals surface area contributed by atoms with Crippen LogP contribution in [0.3, 0.4) is 0 Å². The lowest BCUT2D eigenvalue weighted by molar-refractivity contribution is -0.129. The van der Waals surface area contributed by atoms with E-state index in [4.69, 9.17) is 0 Å². The first kappa shape index (κ1) is 16.2. The number of hydrogen-bond acceptors (Lipinski definition) is 3. The molecule has 1 aromatic carbocycles. The van der Waals surface area contributed by atoms with Crippen LogP contribution in [0.15, 0.2) is 24.3 Å². The Morgan fingerprint density at radius 1 is 1.15 bits per heavy atom. The normalized spacial score (nSPS) is 11.8. The molecule has 2 amide bonds. The molecule has 0 aliphatic carbocycles.